The molecule has 0 saturated carbocycles. The van der Waals surface area contributed by atoms with Crippen LogP contribution in [0.2, 0.25) is 0 Å². The van der Waals surface area contributed by atoms with Gasteiger partial charge in [-0.15, -0.1) is 0 Å². The third-order valence-electron chi connectivity index (χ3n) is 6.68. The molecule has 2 rings (SSSR count). The first-order valence-electron chi connectivity index (χ1n) is 13.5. The number of unbranched alkanes of at least 4 members (excludes halogenated alkanes) is 16. The fourth-order valence-corrected chi connectivity index (χ4v) is 4.73. The molecule has 0 aliphatic rings. The van der Waals surface area contributed by atoms with Crippen molar-refractivity contribution in [2.75, 3.05) is 0 Å². The Balaban J connectivity index is 1.32. The van der Waals surface area contributed by atoms with Gasteiger partial charge >= 0.3 is 0 Å². The second-order valence-corrected chi connectivity index (χ2v) is 9.40. The second kappa shape index (κ2) is 18.1. The van der Waals surface area contributed by atoms with Crippen LogP contribution in [0, 0.1) is 0 Å². The summed E-state index contributed by atoms with van der Waals surface area (Å²) < 4.78 is 0. The van der Waals surface area contributed by atoms with Crippen molar-refractivity contribution < 1.29 is 0 Å². The maximum absolute atomic E-state index is 2.31. The minimum atomic E-state index is 1.23. The molecular formula is C31H48. The highest BCUT2D eigenvalue weighted by atomic mass is 14.1. The van der Waals surface area contributed by atoms with E-state index in [-0.39, 0.29) is 0 Å². The van der Waals surface area contributed by atoms with Gasteiger partial charge in [-0.1, -0.05) is 145 Å². The first-order valence-corrected chi connectivity index (χ1v) is 13.5. The predicted octanol–water partition coefficient (Wildman–Crippen LogP) is 10.6. The smallest absolute Gasteiger partial charge is 0.0152 e. The molecule has 2 aromatic carbocycles. The molecule has 0 bridgehead atoms. The lowest BCUT2D eigenvalue weighted by Gasteiger charge is -2.07. The molecule has 0 spiro atoms. The molecule has 0 heteroatoms. The molecule has 0 unspecified atom stereocenters. The molecule has 0 aliphatic carbocycles. The zero-order valence-corrected chi connectivity index (χ0v) is 20.4. The largest absolute Gasteiger partial charge is 0.0917 e. The van der Waals surface area contributed by atoms with Crippen LogP contribution in [0.5, 0.6) is 0 Å². The van der Waals surface area contributed by atoms with Crippen LogP contribution in [0.15, 0.2) is 54.6 Å². The molecule has 0 heterocycles. The van der Waals surface area contributed by atoms with Gasteiger partial charge in [0.2, 0.25) is 0 Å². The number of hydrogen-bond acceptors (Lipinski definition) is 0. The Morgan fingerprint density at radius 1 is 0.516 bits per heavy atom. The van der Waals surface area contributed by atoms with Crippen LogP contribution in [0.4, 0.5) is 0 Å². The number of benzene rings is 2. The molecule has 0 fully saturated rings. The van der Waals surface area contributed by atoms with E-state index in [1.54, 1.807) is 0 Å². The van der Waals surface area contributed by atoms with Crippen LogP contribution < -0.4 is 0 Å². The molecule has 0 radical (unpaired) electrons. The monoisotopic (exact) mass is 420 g/mol. The van der Waals surface area contributed by atoms with Crippen molar-refractivity contribution in [3.8, 4) is 0 Å². The van der Waals surface area contributed by atoms with Crippen LogP contribution in [-0.4, -0.2) is 0 Å². The van der Waals surface area contributed by atoms with Gasteiger partial charge in [-0.2, -0.15) is 0 Å². The lowest BCUT2D eigenvalue weighted by atomic mass is 9.99. The summed E-state index contributed by atoms with van der Waals surface area (Å²) in [6, 6.07) is 15.6. The zero-order valence-electron chi connectivity index (χ0n) is 20.4. The fraction of sp³-hybridized carbons (Fsp3) is 0.613. The third kappa shape index (κ3) is 12.2. The van der Waals surface area contributed by atoms with Crippen molar-refractivity contribution in [1.82, 2.24) is 0 Å². The Labute approximate surface area is 193 Å². The maximum atomic E-state index is 2.31. The molecule has 0 N–H and O–H groups in total. The molecule has 31 heavy (non-hydrogen) atoms. The highest BCUT2D eigenvalue weighted by Crippen LogP contribution is 2.21. The average molecular weight is 421 g/mol. The van der Waals surface area contributed by atoms with E-state index >= 15 is 0 Å². The Bertz CT molecular complexity index is 691. The Hall–Kier alpha value is -1.56. The van der Waals surface area contributed by atoms with Gasteiger partial charge in [0.15, 0.2) is 0 Å². The number of aryl methyl sites for hydroxylation is 1. The van der Waals surface area contributed by atoms with Crippen LogP contribution in [0.25, 0.3) is 10.8 Å². The molecular weight excluding hydrogens is 372 g/mol. The first kappa shape index (κ1) is 25.7. The normalized spacial score (nSPS) is 11.6. The van der Waals surface area contributed by atoms with Gasteiger partial charge < -0.3 is 0 Å². The summed E-state index contributed by atoms with van der Waals surface area (Å²) in [4.78, 5) is 0. The predicted molar refractivity (Wildman–Crippen MR) is 141 cm³/mol. The van der Waals surface area contributed by atoms with E-state index in [1.165, 1.54) is 132 Å². The Kier molecular flexibility index (Phi) is 15.0. The number of allylic oxidation sites excluding steroid dienone is 2. The zero-order chi connectivity index (χ0) is 21.8. The van der Waals surface area contributed by atoms with Gasteiger partial charge in [0.05, 0.1) is 0 Å². The summed E-state index contributed by atoms with van der Waals surface area (Å²) in [6.07, 6.45) is 29.9. The van der Waals surface area contributed by atoms with Gasteiger partial charge in [-0.3, -0.25) is 0 Å². The molecule has 0 atom stereocenters. The van der Waals surface area contributed by atoms with Gasteiger partial charge in [0, 0.05) is 0 Å². The van der Waals surface area contributed by atoms with E-state index in [0.29, 0.717) is 0 Å². The maximum Gasteiger partial charge on any atom is -0.0152 e. The third-order valence-corrected chi connectivity index (χ3v) is 6.68. The summed E-state index contributed by atoms with van der Waals surface area (Å²) in [5, 5.41) is 2.83. The van der Waals surface area contributed by atoms with Gasteiger partial charge in [-0.25, -0.2) is 0 Å². The summed E-state index contributed by atoms with van der Waals surface area (Å²) in [6.45, 7) is 2.12. The summed E-state index contributed by atoms with van der Waals surface area (Å²) in [5.74, 6) is 0. The van der Waals surface area contributed by atoms with Crippen LogP contribution in [-0.2, 0) is 6.42 Å². The standard InChI is InChI=1S/C31H48/c1-2-3-4-5-6-7-8-9-10-11-12-13-14-15-16-17-18-19-20-24-29-26-23-27-30-25-21-22-28-31(29)30/h2-3,21-23,25-28H,4-20,24H2,1H3/b3-2+. The molecule has 0 aromatic heterocycles. The fourth-order valence-electron chi connectivity index (χ4n) is 4.73. The molecule has 0 aliphatic heterocycles. The lowest BCUT2D eigenvalue weighted by molar-refractivity contribution is 0.528. The molecule has 0 amide bonds. The Morgan fingerprint density at radius 2 is 1.00 bits per heavy atom. The van der Waals surface area contributed by atoms with Crippen LogP contribution in [0.1, 0.15) is 122 Å². The summed E-state index contributed by atoms with van der Waals surface area (Å²) in [7, 11) is 0. The molecule has 172 valence electrons. The molecule has 0 nitrogen and oxygen atoms in total. The summed E-state index contributed by atoms with van der Waals surface area (Å²) in [5.41, 5.74) is 1.53. The highest BCUT2D eigenvalue weighted by molar-refractivity contribution is 5.85. The van der Waals surface area contributed by atoms with Crippen molar-refractivity contribution in [2.45, 2.75) is 122 Å². The molecule has 2 aromatic rings. The Morgan fingerprint density at radius 3 is 1.58 bits per heavy atom. The highest BCUT2D eigenvalue weighted by Gasteiger charge is 2.00. The molecule has 0 saturated heterocycles. The van der Waals surface area contributed by atoms with E-state index in [1.807, 2.05) is 0 Å². The van der Waals surface area contributed by atoms with E-state index in [0.717, 1.165) is 0 Å². The quantitative estimate of drug-likeness (QED) is 0.156. The minimum Gasteiger partial charge on any atom is -0.0917 e. The van der Waals surface area contributed by atoms with E-state index in [9.17, 15) is 0 Å². The van der Waals surface area contributed by atoms with Crippen molar-refractivity contribution in [3.05, 3.63) is 60.2 Å². The van der Waals surface area contributed by atoms with E-state index < -0.39 is 0 Å². The van der Waals surface area contributed by atoms with Crippen molar-refractivity contribution in [1.29, 1.82) is 0 Å². The number of hydrogen-bond donors (Lipinski definition) is 0. The lowest BCUT2D eigenvalue weighted by Crippen LogP contribution is -1.88. The van der Waals surface area contributed by atoms with Gasteiger partial charge in [0.1, 0.15) is 0 Å². The van der Waals surface area contributed by atoms with E-state index in [2.05, 4.69) is 61.5 Å². The SMILES string of the molecule is C/C=C/CCCCCCCCCCCCCCCCCCc1cccc2ccccc12. The number of fused-ring (bicyclic) bond motifs is 1. The number of rotatable bonds is 19. The van der Waals surface area contributed by atoms with E-state index in [4.69, 9.17) is 0 Å². The first-order chi connectivity index (χ1) is 15.4. The summed E-state index contributed by atoms with van der Waals surface area (Å²) >= 11 is 0. The average Bonchev–Trinajstić information content (AvgIpc) is 2.80. The van der Waals surface area contributed by atoms with Crippen molar-refractivity contribution in [2.24, 2.45) is 0 Å². The van der Waals surface area contributed by atoms with Gasteiger partial charge in [0.25, 0.3) is 0 Å². The minimum absolute atomic E-state index is 1.23. The topological polar surface area (TPSA) is 0 Å². The second-order valence-electron chi connectivity index (χ2n) is 9.40. The van der Waals surface area contributed by atoms with Crippen molar-refractivity contribution in [3.63, 3.8) is 0 Å². The van der Waals surface area contributed by atoms with Crippen LogP contribution >= 0.6 is 0 Å². The van der Waals surface area contributed by atoms with Crippen molar-refractivity contribution >= 4 is 10.8 Å². The van der Waals surface area contributed by atoms with Gasteiger partial charge in [-0.05, 0) is 48.9 Å². The van der Waals surface area contributed by atoms with Crippen LogP contribution in [0.3, 0.4) is 0 Å².